The summed E-state index contributed by atoms with van der Waals surface area (Å²) in [7, 11) is 0. The van der Waals surface area contributed by atoms with Crippen molar-refractivity contribution in [2.75, 3.05) is 13.2 Å². The number of hydrogen-bond acceptors (Lipinski definition) is 5. The molecule has 0 spiro atoms. The van der Waals surface area contributed by atoms with Crippen LogP contribution in [0.2, 0.25) is 0 Å². The number of benzene rings is 1. The smallest absolute Gasteiger partial charge is 0.289 e. The Morgan fingerprint density at radius 2 is 1.85 bits per heavy atom. The van der Waals surface area contributed by atoms with Gasteiger partial charge in [0.2, 0.25) is 0 Å². The van der Waals surface area contributed by atoms with Crippen LogP contribution >= 0.6 is 0 Å². The highest BCUT2D eigenvalue weighted by Gasteiger charge is 2.10. The van der Waals surface area contributed by atoms with E-state index >= 15 is 0 Å². The van der Waals surface area contributed by atoms with E-state index < -0.39 is 5.56 Å². The molecule has 0 aliphatic heterocycles. The highest BCUT2D eigenvalue weighted by molar-refractivity contribution is 5.83. The van der Waals surface area contributed by atoms with Gasteiger partial charge in [0, 0.05) is 17.3 Å². The average molecular weight is 367 g/mol. The standard InChI is InChI=1S/C21H25N3O3/c1-5-9-26-18-8-7-17(20(12-18)27-10-6-2)14-23-24-16(4)11-15(3)19(13-22)21(24)25/h7-8,11-12,14H,5-6,9-10H2,1-4H3/b23-14+. The largest absolute Gasteiger partial charge is 0.493 e. The molecule has 0 radical (unpaired) electrons. The van der Waals surface area contributed by atoms with Crippen LogP contribution in [0.5, 0.6) is 11.5 Å². The summed E-state index contributed by atoms with van der Waals surface area (Å²) in [5.74, 6) is 1.38. The van der Waals surface area contributed by atoms with Gasteiger partial charge in [0.1, 0.15) is 23.1 Å². The van der Waals surface area contributed by atoms with E-state index in [4.69, 9.17) is 9.47 Å². The highest BCUT2D eigenvalue weighted by atomic mass is 16.5. The number of aryl methyl sites for hydroxylation is 2. The maximum absolute atomic E-state index is 12.5. The molecule has 1 aromatic carbocycles. The Kier molecular flexibility index (Phi) is 7.18. The van der Waals surface area contributed by atoms with Crippen LogP contribution in [-0.2, 0) is 0 Å². The fourth-order valence-corrected chi connectivity index (χ4v) is 2.55. The van der Waals surface area contributed by atoms with Gasteiger partial charge in [0.15, 0.2) is 0 Å². The lowest BCUT2D eigenvalue weighted by molar-refractivity contribution is 0.301. The Balaban J connectivity index is 2.41. The van der Waals surface area contributed by atoms with Gasteiger partial charge in [0.25, 0.3) is 5.56 Å². The molecule has 2 rings (SSSR count). The van der Waals surface area contributed by atoms with Crippen LogP contribution in [0.1, 0.15) is 49.1 Å². The van der Waals surface area contributed by atoms with E-state index in [0.29, 0.717) is 30.2 Å². The van der Waals surface area contributed by atoms with E-state index in [1.54, 1.807) is 26.1 Å². The molecule has 0 unspecified atom stereocenters. The second kappa shape index (κ2) is 9.58. The lowest BCUT2D eigenvalue weighted by Gasteiger charge is -2.12. The summed E-state index contributed by atoms with van der Waals surface area (Å²) in [5, 5.41) is 13.5. The van der Waals surface area contributed by atoms with Gasteiger partial charge in [-0.1, -0.05) is 13.8 Å². The van der Waals surface area contributed by atoms with E-state index in [9.17, 15) is 10.1 Å². The Hall–Kier alpha value is -3.07. The van der Waals surface area contributed by atoms with Crippen LogP contribution in [-0.4, -0.2) is 24.1 Å². The second-order valence-corrected chi connectivity index (χ2v) is 6.21. The van der Waals surface area contributed by atoms with Crippen molar-refractivity contribution in [1.82, 2.24) is 4.68 Å². The van der Waals surface area contributed by atoms with Crippen LogP contribution in [0, 0.1) is 25.2 Å². The number of aromatic nitrogens is 1. The van der Waals surface area contributed by atoms with Gasteiger partial charge in [-0.05, 0) is 50.5 Å². The molecule has 142 valence electrons. The molecule has 0 saturated carbocycles. The zero-order valence-electron chi connectivity index (χ0n) is 16.3. The molecule has 0 atom stereocenters. The number of rotatable bonds is 8. The minimum Gasteiger partial charge on any atom is -0.493 e. The summed E-state index contributed by atoms with van der Waals surface area (Å²) in [5.41, 5.74) is 1.72. The maximum Gasteiger partial charge on any atom is 0.289 e. The van der Waals surface area contributed by atoms with E-state index in [1.165, 1.54) is 4.68 Å². The quantitative estimate of drug-likeness (QED) is 0.665. The lowest BCUT2D eigenvalue weighted by Crippen LogP contribution is -2.22. The third-order valence-electron chi connectivity index (χ3n) is 3.90. The van der Waals surface area contributed by atoms with Crippen molar-refractivity contribution >= 4 is 6.21 Å². The minimum atomic E-state index is -0.426. The van der Waals surface area contributed by atoms with Crippen molar-refractivity contribution in [2.24, 2.45) is 5.10 Å². The first-order valence-electron chi connectivity index (χ1n) is 9.09. The molecule has 0 fully saturated rings. The van der Waals surface area contributed by atoms with Gasteiger partial charge < -0.3 is 9.47 Å². The Morgan fingerprint density at radius 3 is 2.52 bits per heavy atom. The van der Waals surface area contributed by atoms with Crippen molar-refractivity contribution in [2.45, 2.75) is 40.5 Å². The van der Waals surface area contributed by atoms with Gasteiger partial charge >= 0.3 is 0 Å². The van der Waals surface area contributed by atoms with Gasteiger partial charge in [-0.25, -0.2) is 4.68 Å². The fourth-order valence-electron chi connectivity index (χ4n) is 2.55. The van der Waals surface area contributed by atoms with Crippen LogP contribution in [0.4, 0.5) is 0 Å². The SMILES string of the molecule is CCCOc1ccc(/C=N/n2c(C)cc(C)c(C#N)c2=O)c(OCCC)c1. The zero-order chi connectivity index (χ0) is 19.8. The normalized spacial score (nSPS) is 10.8. The summed E-state index contributed by atoms with van der Waals surface area (Å²) in [6, 6.07) is 9.24. The molecular formula is C21H25N3O3. The molecule has 0 amide bonds. The minimum absolute atomic E-state index is 0.100. The molecule has 0 N–H and O–H groups in total. The molecule has 0 aliphatic rings. The first kappa shape index (κ1) is 20.2. The van der Waals surface area contributed by atoms with E-state index in [0.717, 1.165) is 24.2 Å². The predicted octanol–water partition coefficient (Wildman–Crippen LogP) is 3.80. The van der Waals surface area contributed by atoms with E-state index in [-0.39, 0.29) is 5.56 Å². The summed E-state index contributed by atoms with van der Waals surface area (Å²) in [4.78, 5) is 12.5. The molecular weight excluding hydrogens is 342 g/mol. The van der Waals surface area contributed by atoms with E-state index in [1.807, 2.05) is 38.1 Å². The predicted molar refractivity (Wildman–Crippen MR) is 106 cm³/mol. The first-order chi connectivity index (χ1) is 13.0. The van der Waals surface area contributed by atoms with Crippen molar-refractivity contribution < 1.29 is 9.47 Å². The fraction of sp³-hybridized carbons (Fsp3) is 0.381. The van der Waals surface area contributed by atoms with Crippen molar-refractivity contribution in [1.29, 1.82) is 5.26 Å². The van der Waals surface area contributed by atoms with Gasteiger partial charge in [0.05, 0.1) is 19.4 Å². The molecule has 1 heterocycles. The Bertz CT molecular complexity index is 923. The van der Waals surface area contributed by atoms with Crippen molar-refractivity contribution in [3.8, 4) is 17.6 Å². The van der Waals surface area contributed by atoms with E-state index in [2.05, 4.69) is 5.10 Å². The highest BCUT2D eigenvalue weighted by Crippen LogP contribution is 2.24. The van der Waals surface area contributed by atoms with Crippen LogP contribution in [0.25, 0.3) is 0 Å². The van der Waals surface area contributed by atoms with Crippen LogP contribution in [0.3, 0.4) is 0 Å². The molecule has 2 aromatic rings. The summed E-state index contributed by atoms with van der Waals surface area (Å²) in [6.07, 6.45) is 3.36. The van der Waals surface area contributed by atoms with Crippen LogP contribution < -0.4 is 15.0 Å². The maximum atomic E-state index is 12.5. The molecule has 27 heavy (non-hydrogen) atoms. The summed E-state index contributed by atoms with van der Waals surface area (Å²) in [6.45, 7) is 8.81. The summed E-state index contributed by atoms with van der Waals surface area (Å²) >= 11 is 0. The van der Waals surface area contributed by atoms with Gasteiger partial charge in [-0.15, -0.1) is 0 Å². The van der Waals surface area contributed by atoms with Gasteiger partial charge in [-0.3, -0.25) is 4.79 Å². The summed E-state index contributed by atoms with van der Waals surface area (Å²) < 4.78 is 12.7. The zero-order valence-corrected chi connectivity index (χ0v) is 16.3. The third kappa shape index (κ3) is 4.98. The van der Waals surface area contributed by atoms with Gasteiger partial charge in [-0.2, -0.15) is 10.4 Å². The number of ether oxygens (including phenoxy) is 2. The van der Waals surface area contributed by atoms with Crippen molar-refractivity contribution in [3.05, 3.63) is 57.0 Å². The first-order valence-corrected chi connectivity index (χ1v) is 9.09. The monoisotopic (exact) mass is 367 g/mol. The molecule has 0 saturated heterocycles. The lowest BCUT2D eigenvalue weighted by atomic mass is 10.1. The number of nitrogens with zero attached hydrogens (tertiary/aromatic N) is 3. The third-order valence-corrected chi connectivity index (χ3v) is 3.90. The molecule has 0 aliphatic carbocycles. The molecule has 0 bridgehead atoms. The average Bonchev–Trinajstić information content (AvgIpc) is 2.65. The molecule has 6 heteroatoms. The Labute approximate surface area is 159 Å². The number of hydrogen-bond donors (Lipinski definition) is 0. The second-order valence-electron chi connectivity index (χ2n) is 6.21. The number of pyridine rings is 1. The Morgan fingerprint density at radius 1 is 1.15 bits per heavy atom. The molecule has 6 nitrogen and oxygen atoms in total. The number of nitriles is 1. The van der Waals surface area contributed by atoms with Crippen LogP contribution in [0.15, 0.2) is 34.2 Å². The topological polar surface area (TPSA) is 76.6 Å². The molecule has 1 aromatic heterocycles. The van der Waals surface area contributed by atoms with Crippen molar-refractivity contribution in [3.63, 3.8) is 0 Å².